The first kappa shape index (κ1) is 17.9. The molecular formula is C22H24N6O. The van der Waals surface area contributed by atoms with Gasteiger partial charge in [0, 0.05) is 31.9 Å². The highest BCUT2D eigenvalue weighted by Crippen LogP contribution is 2.38. The summed E-state index contributed by atoms with van der Waals surface area (Å²) in [5, 5.41) is 10.0. The second kappa shape index (κ2) is 7.00. The lowest BCUT2D eigenvalue weighted by Crippen LogP contribution is -2.49. The third kappa shape index (κ3) is 2.98. The number of hydrogen-bond acceptors (Lipinski definition) is 5. The number of hydrogen-bond donors (Lipinski definition) is 1. The van der Waals surface area contributed by atoms with Crippen LogP contribution in [0, 0.1) is 0 Å². The summed E-state index contributed by atoms with van der Waals surface area (Å²) >= 11 is 0. The lowest BCUT2D eigenvalue weighted by molar-refractivity contribution is -0.129. The van der Waals surface area contributed by atoms with E-state index < -0.39 is 0 Å². The molecule has 1 N–H and O–H groups in total. The summed E-state index contributed by atoms with van der Waals surface area (Å²) in [6.07, 6.45) is 1.54. The summed E-state index contributed by atoms with van der Waals surface area (Å²) in [7, 11) is 2.09. The van der Waals surface area contributed by atoms with E-state index in [4.69, 9.17) is 0 Å². The van der Waals surface area contributed by atoms with E-state index in [1.165, 1.54) is 6.33 Å². The Kier molecular flexibility index (Phi) is 4.32. The summed E-state index contributed by atoms with van der Waals surface area (Å²) in [5.41, 5.74) is 2.64. The average molecular weight is 388 g/mol. The van der Waals surface area contributed by atoms with Crippen LogP contribution in [0.15, 0.2) is 60.1 Å². The van der Waals surface area contributed by atoms with Crippen molar-refractivity contribution in [2.45, 2.75) is 13.0 Å². The smallest absolute Gasteiger partial charge is 0.254 e. The third-order valence-corrected chi connectivity index (χ3v) is 5.93. The number of nitrogens with zero attached hydrogens (tertiary/aromatic N) is 5. The van der Waals surface area contributed by atoms with Gasteiger partial charge in [-0.2, -0.15) is 10.1 Å². The molecule has 5 rings (SSSR count). The number of nitrogens with one attached hydrogen (secondary N) is 1. The van der Waals surface area contributed by atoms with Gasteiger partial charge in [-0.1, -0.05) is 42.5 Å². The van der Waals surface area contributed by atoms with Gasteiger partial charge in [0.05, 0.1) is 5.57 Å². The maximum atomic E-state index is 13.7. The number of carbonyl (C=O) groups excluding carboxylic acids is 1. The molecule has 0 radical (unpaired) electrons. The number of fused-ring (bicyclic) bond motifs is 2. The van der Waals surface area contributed by atoms with E-state index in [-0.39, 0.29) is 11.9 Å². The molecule has 7 heteroatoms. The van der Waals surface area contributed by atoms with Gasteiger partial charge >= 0.3 is 0 Å². The summed E-state index contributed by atoms with van der Waals surface area (Å²) in [6.45, 7) is 5.20. The fourth-order valence-corrected chi connectivity index (χ4v) is 4.32. The SMILES string of the molecule is CC1=C(C(=O)N2CCN(C)CC2)[C@H](c2cccc3ccccc23)n2ncnc2N1. The molecule has 2 aliphatic rings. The highest BCUT2D eigenvalue weighted by Gasteiger charge is 2.36. The number of anilines is 1. The molecule has 1 saturated heterocycles. The Labute approximate surface area is 169 Å². The van der Waals surface area contributed by atoms with Crippen LogP contribution in [-0.2, 0) is 4.79 Å². The third-order valence-electron chi connectivity index (χ3n) is 5.93. The van der Waals surface area contributed by atoms with E-state index in [1.807, 2.05) is 34.7 Å². The summed E-state index contributed by atoms with van der Waals surface area (Å²) in [4.78, 5) is 22.2. The molecule has 7 nitrogen and oxygen atoms in total. The molecule has 29 heavy (non-hydrogen) atoms. The standard InChI is InChI=1S/C22H24N6O/c1-15-19(21(29)27-12-10-26(2)11-13-27)20(28-22(25-15)23-14-24-28)18-9-5-7-16-6-3-4-8-17(16)18/h3-9,14,20H,10-13H2,1-2H3,(H,23,24,25)/t20-/m0/s1. The van der Waals surface area contributed by atoms with E-state index in [1.54, 1.807) is 0 Å². The van der Waals surface area contributed by atoms with Gasteiger partial charge < -0.3 is 15.1 Å². The van der Waals surface area contributed by atoms with Crippen molar-refractivity contribution in [3.63, 3.8) is 0 Å². The van der Waals surface area contributed by atoms with Gasteiger partial charge in [0.1, 0.15) is 12.4 Å². The highest BCUT2D eigenvalue weighted by molar-refractivity contribution is 5.98. The van der Waals surface area contributed by atoms with Crippen molar-refractivity contribution in [2.24, 2.45) is 0 Å². The maximum Gasteiger partial charge on any atom is 0.254 e. The molecule has 2 aromatic carbocycles. The number of likely N-dealkylation sites (N-methyl/N-ethyl adjacent to an activating group) is 1. The molecule has 2 aliphatic heterocycles. The zero-order chi connectivity index (χ0) is 20.0. The Hall–Kier alpha value is -3.19. The second-order valence-corrected chi connectivity index (χ2v) is 7.76. The van der Waals surface area contributed by atoms with Crippen LogP contribution < -0.4 is 5.32 Å². The van der Waals surface area contributed by atoms with E-state index in [0.717, 1.165) is 53.8 Å². The Morgan fingerprint density at radius 2 is 1.83 bits per heavy atom. The molecular weight excluding hydrogens is 364 g/mol. The van der Waals surface area contributed by atoms with Crippen molar-refractivity contribution in [2.75, 3.05) is 38.5 Å². The molecule has 0 spiro atoms. The van der Waals surface area contributed by atoms with Crippen LogP contribution in [0.25, 0.3) is 10.8 Å². The number of amides is 1. The maximum absolute atomic E-state index is 13.7. The van der Waals surface area contributed by atoms with Gasteiger partial charge in [-0.15, -0.1) is 0 Å². The lowest BCUT2D eigenvalue weighted by Gasteiger charge is -2.36. The van der Waals surface area contributed by atoms with Crippen molar-refractivity contribution in [1.82, 2.24) is 24.6 Å². The molecule has 1 fully saturated rings. The lowest BCUT2D eigenvalue weighted by atomic mass is 9.90. The monoisotopic (exact) mass is 388 g/mol. The molecule has 3 heterocycles. The second-order valence-electron chi connectivity index (χ2n) is 7.76. The van der Waals surface area contributed by atoms with Gasteiger partial charge in [0.25, 0.3) is 5.91 Å². The average Bonchev–Trinajstić information content (AvgIpc) is 3.20. The van der Waals surface area contributed by atoms with Crippen LogP contribution in [0.5, 0.6) is 0 Å². The molecule has 1 amide bonds. The van der Waals surface area contributed by atoms with Crippen LogP contribution in [0.4, 0.5) is 5.95 Å². The number of aromatic nitrogens is 3. The predicted octanol–water partition coefficient (Wildman–Crippen LogP) is 2.49. The number of rotatable bonds is 2. The summed E-state index contributed by atoms with van der Waals surface area (Å²) in [5.74, 6) is 0.734. The van der Waals surface area contributed by atoms with Crippen LogP contribution in [0.1, 0.15) is 18.5 Å². The number of benzene rings is 2. The van der Waals surface area contributed by atoms with E-state index in [0.29, 0.717) is 5.95 Å². The fourth-order valence-electron chi connectivity index (χ4n) is 4.32. The van der Waals surface area contributed by atoms with E-state index in [9.17, 15) is 4.79 Å². The minimum absolute atomic E-state index is 0.0715. The minimum Gasteiger partial charge on any atom is -0.336 e. The largest absolute Gasteiger partial charge is 0.336 e. The molecule has 148 valence electrons. The Balaban J connectivity index is 1.65. The predicted molar refractivity (Wildman–Crippen MR) is 113 cm³/mol. The first-order valence-corrected chi connectivity index (χ1v) is 9.96. The van der Waals surface area contributed by atoms with Crippen molar-refractivity contribution in [3.8, 4) is 0 Å². The van der Waals surface area contributed by atoms with Crippen molar-refractivity contribution in [3.05, 3.63) is 65.6 Å². The molecule has 3 aromatic rings. The highest BCUT2D eigenvalue weighted by atomic mass is 16.2. The Morgan fingerprint density at radius 3 is 2.66 bits per heavy atom. The minimum atomic E-state index is -0.313. The molecule has 0 unspecified atom stereocenters. The fraction of sp³-hybridized carbons (Fsp3) is 0.318. The van der Waals surface area contributed by atoms with E-state index in [2.05, 4.69) is 51.6 Å². The molecule has 0 aliphatic carbocycles. The molecule has 1 atom stereocenters. The first-order valence-electron chi connectivity index (χ1n) is 9.96. The topological polar surface area (TPSA) is 66.3 Å². The van der Waals surface area contributed by atoms with Gasteiger partial charge in [-0.25, -0.2) is 4.68 Å². The Morgan fingerprint density at radius 1 is 1.07 bits per heavy atom. The zero-order valence-corrected chi connectivity index (χ0v) is 16.7. The van der Waals surface area contributed by atoms with E-state index >= 15 is 0 Å². The van der Waals surface area contributed by atoms with Gasteiger partial charge in [0.15, 0.2) is 0 Å². The molecule has 0 saturated carbocycles. The number of allylic oxidation sites excluding steroid dienone is 1. The molecule has 0 bridgehead atoms. The molecule has 1 aromatic heterocycles. The van der Waals surface area contributed by atoms with Crippen molar-refractivity contribution < 1.29 is 4.79 Å². The van der Waals surface area contributed by atoms with Crippen molar-refractivity contribution in [1.29, 1.82) is 0 Å². The number of piperazine rings is 1. The first-order chi connectivity index (χ1) is 14.1. The van der Waals surface area contributed by atoms with Crippen LogP contribution in [-0.4, -0.2) is 63.7 Å². The van der Waals surface area contributed by atoms with Crippen molar-refractivity contribution >= 4 is 22.6 Å². The summed E-state index contributed by atoms with van der Waals surface area (Å²) < 4.78 is 1.83. The van der Waals surface area contributed by atoms with Crippen LogP contribution in [0.2, 0.25) is 0 Å². The van der Waals surface area contributed by atoms with Crippen LogP contribution >= 0.6 is 0 Å². The summed E-state index contributed by atoms with van der Waals surface area (Å²) in [6, 6.07) is 14.2. The zero-order valence-electron chi connectivity index (χ0n) is 16.7. The normalized spacial score (nSPS) is 19.9. The van der Waals surface area contributed by atoms with Crippen LogP contribution in [0.3, 0.4) is 0 Å². The van der Waals surface area contributed by atoms with Gasteiger partial charge in [-0.05, 0) is 30.3 Å². The quantitative estimate of drug-likeness (QED) is 0.731. The van der Waals surface area contributed by atoms with Gasteiger partial charge in [0.2, 0.25) is 5.95 Å². The number of carbonyl (C=O) groups is 1. The Bertz CT molecular complexity index is 1100. The van der Waals surface area contributed by atoms with Gasteiger partial charge in [-0.3, -0.25) is 4.79 Å².